The van der Waals surface area contributed by atoms with Crippen molar-refractivity contribution in [3.05, 3.63) is 53.4 Å². The Bertz CT molecular complexity index is 883. The van der Waals surface area contributed by atoms with E-state index in [4.69, 9.17) is 4.74 Å². The van der Waals surface area contributed by atoms with Crippen molar-refractivity contribution < 1.29 is 14.9 Å². The first-order chi connectivity index (χ1) is 14.6. The molecule has 160 valence electrons. The number of likely N-dealkylation sites (N-methyl/N-ethyl adjacent to an activating group) is 1. The molecular formula is C23H30N4O3. The fraction of sp³-hybridized carbons (Fsp3) is 0.522. The number of nitrogens with zero attached hydrogens (tertiary/aromatic N) is 4. The molecule has 2 N–H and O–H groups in total. The van der Waals surface area contributed by atoms with Crippen LogP contribution in [0.25, 0.3) is 0 Å². The Morgan fingerprint density at radius 3 is 2.40 bits per heavy atom. The van der Waals surface area contributed by atoms with Crippen LogP contribution < -0.4 is 0 Å². The van der Waals surface area contributed by atoms with Gasteiger partial charge in [-0.1, -0.05) is 18.2 Å². The minimum Gasteiger partial charge on any atom is -0.494 e. The number of aromatic nitrogens is 2. The van der Waals surface area contributed by atoms with Gasteiger partial charge in [0, 0.05) is 68.1 Å². The van der Waals surface area contributed by atoms with Gasteiger partial charge in [-0.3, -0.25) is 14.5 Å². The fourth-order valence-corrected chi connectivity index (χ4v) is 5.05. The van der Waals surface area contributed by atoms with E-state index in [1.165, 1.54) is 0 Å². The highest BCUT2D eigenvalue weighted by Crippen LogP contribution is 2.56. The molecule has 0 spiro atoms. The first-order valence-corrected chi connectivity index (χ1v) is 10.8. The first-order valence-electron chi connectivity index (χ1n) is 10.8. The summed E-state index contributed by atoms with van der Waals surface area (Å²) in [7, 11) is 2.15. The minimum absolute atomic E-state index is 0.149. The van der Waals surface area contributed by atoms with Crippen molar-refractivity contribution in [2.45, 2.75) is 37.5 Å². The van der Waals surface area contributed by atoms with E-state index in [-0.39, 0.29) is 29.7 Å². The summed E-state index contributed by atoms with van der Waals surface area (Å²) in [5, 5.41) is 21.8. The molecule has 1 saturated heterocycles. The Labute approximate surface area is 177 Å². The number of aromatic hydroxyl groups is 2. The van der Waals surface area contributed by atoms with E-state index < -0.39 is 0 Å². The Kier molecular flexibility index (Phi) is 5.26. The number of rotatable bonds is 7. The molecule has 2 aromatic heterocycles. The van der Waals surface area contributed by atoms with Gasteiger partial charge < -0.3 is 19.8 Å². The molecule has 5 rings (SSSR count). The van der Waals surface area contributed by atoms with E-state index in [9.17, 15) is 10.2 Å². The molecule has 7 heteroatoms. The summed E-state index contributed by atoms with van der Waals surface area (Å²) >= 11 is 0. The van der Waals surface area contributed by atoms with Gasteiger partial charge in [0.1, 0.15) is 0 Å². The Hall–Kier alpha value is -2.35. The molecule has 0 amide bonds. The molecule has 0 saturated carbocycles. The van der Waals surface area contributed by atoms with Gasteiger partial charge in [0.15, 0.2) is 11.8 Å². The van der Waals surface area contributed by atoms with Crippen molar-refractivity contribution in [2.24, 2.45) is 0 Å². The molecule has 0 aromatic carbocycles. The topological polar surface area (TPSA) is 74.0 Å². The van der Waals surface area contributed by atoms with Gasteiger partial charge in [0.25, 0.3) is 0 Å². The molecular weight excluding hydrogens is 380 g/mol. The number of piperazine rings is 1. The Morgan fingerprint density at radius 2 is 1.77 bits per heavy atom. The van der Waals surface area contributed by atoms with Crippen molar-refractivity contribution in [3.63, 3.8) is 0 Å². The minimum atomic E-state index is -0.149. The summed E-state index contributed by atoms with van der Waals surface area (Å²) in [6.07, 6.45) is 8.69. The maximum Gasteiger partial charge on any atom is 0.198 e. The highest BCUT2D eigenvalue weighted by Gasteiger charge is 2.41. The average Bonchev–Trinajstić information content (AvgIpc) is 3.44. The van der Waals surface area contributed by atoms with Gasteiger partial charge in [-0.2, -0.15) is 0 Å². The van der Waals surface area contributed by atoms with Crippen LogP contribution >= 0.6 is 0 Å². The zero-order valence-electron chi connectivity index (χ0n) is 17.4. The number of ether oxygens (including phenoxy) is 1. The van der Waals surface area contributed by atoms with Crippen LogP contribution in [0, 0.1) is 0 Å². The lowest BCUT2D eigenvalue weighted by Gasteiger charge is -2.34. The maximum atomic E-state index is 10.9. The van der Waals surface area contributed by atoms with E-state index >= 15 is 0 Å². The van der Waals surface area contributed by atoms with Crippen molar-refractivity contribution in [1.29, 1.82) is 0 Å². The fourth-order valence-electron chi connectivity index (χ4n) is 5.05. The van der Waals surface area contributed by atoms with E-state index in [2.05, 4.69) is 34.0 Å². The van der Waals surface area contributed by atoms with E-state index in [1.807, 2.05) is 18.3 Å². The number of allylic oxidation sites excluding steroid dienone is 2. The zero-order chi connectivity index (χ0) is 20.7. The summed E-state index contributed by atoms with van der Waals surface area (Å²) in [6, 6.07) is 3.91. The molecule has 3 unspecified atom stereocenters. The second-order valence-electron chi connectivity index (χ2n) is 8.82. The molecule has 1 aliphatic heterocycles. The van der Waals surface area contributed by atoms with Gasteiger partial charge >= 0.3 is 0 Å². The molecule has 2 bridgehead atoms. The van der Waals surface area contributed by atoms with Gasteiger partial charge in [0.2, 0.25) is 0 Å². The van der Waals surface area contributed by atoms with Crippen LogP contribution in [-0.4, -0.2) is 75.4 Å². The smallest absolute Gasteiger partial charge is 0.198 e. The van der Waals surface area contributed by atoms with Gasteiger partial charge in [-0.05, 0) is 25.1 Å². The predicted molar refractivity (Wildman–Crippen MR) is 114 cm³/mol. The SMILES string of the molecule is CN1CCN(CC(Cn2c(O)c3c(c2O)C2C=CC3C2)OCc2cccnc2)CC1. The van der Waals surface area contributed by atoms with Crippen molar-refractivity contribution >= 4 is 0 Å². The zero-order valence-corrected chi connectivity index (χ0v) is 17.4. The molecule has 2 aliphatic carbocycles. The van der Waals surface area contributed by atoms with Crippen LogP contribution in [0.2, 0.25) is 0 Å². The third-order valence-electron chi connectivity index (χ3n) is 6.76. The van der Waals surface area contributed by atoms with Crippen molar-refractivity contribution in [2.75, 3.05) is 39.8 Å². The van der Waals surface area contributed by atoms with Crippen LogP contribution in [0.3, 0.4) is 0 Å². The molecule has 3 atom stereocenters. The lowest BCUT2D eigenvalue weighted by atomic mass is 10.0. The number of fused-ring (bicyclic) bond motifs is 5. The van der Waals surface area contributed by atoms with Crippen molar-refractivity contribution in [1.82, 2.24) is 19.4 Å². The quantitative estimate of drug-likeness (QED) is 0.682. The lowest BCUT2D eigenvalue weighted by Crippen LogP contribution is -2.48. The second-order valence-corrected chi connectivity index (χ2v) is 8.82. The summed E-state index contributed by atoms with van der Waals surface area (Å²) < 4.78 is 7.94. The maximum absolute atomic E-state index is 10.9. The van der Waals surface area contributed by atoms with Gasteiger partial charge in [0.05, 0.1) is 19.3 Å². The third kappa shape index (κ3) is 3.62. The van der Waals surface area contributed by atoms with Crippen molar-refractivity contribution in [3.8, 4) is 11.8 Å². The standard InChI is InChI=1S/C23H30N4O3/c1-25-7-9-26(10-8-25)13-19(30-15-16-3-2-6-24-12-16)14-27-22(28)20-17-4-5-18(11-17)21(20)23(27)29/h2-6,12,17-19,28-29H,7-11,13-15H2,1H3. The van der Waals surface area contributed by atoms with E-state index in [0.717, 1.165) is 55.8 Å². The summed E-state index contributed by atoms with van der Waals surface area (Å²) in [5.74, 6) is 0.856. The normalized spacial score (nSPS) is 24.4. The molecule has 7 nitrogen and oxygen atoms in total. The van der Waals surface area contributed by atoms with Crippen LogP contribution in [-0.2, 0) is 17.9 Å². The Morgan fingerprint density at radius 1 is 1.07 bits per heavy atom. The highest BCUT2D eigenvalue weighted by molar-refractivity contribution is 5.58. The number of hydrogen-bond acceptors (Lipinski definition) is 6. The molecule has 3 heterocycles. The van der Waals surface area contributed by atoms with E-state index in [1.54, 1.807) is 10.8 Å². The number of hydrogen-bond donors (Lipinski definition) is 2. The molecule has 30 heavy (non-hydrogen) atoms. The molecule has 2 aromatic rings. The lowest BCUT2D eigenvalue weighted by molar-refractivity contribution is -0.00500. The molecule has 1 fully saturated rings. The molecule has 0 radical (unpaired) electrons. The average molecular weight is 411 g/mol. The summed E-state index contributed by atoms with van der Waals surface area (Å²) in [5.41, 5.74) is 2.84. The van der Waals surface area contributed by atoms with Crippen LogP contribution in [0.4, 0.5) is 0 Å². The summed E-state index contributed by atoms with van der Waals surface area (Å²) in [6.45, 7) is 5.73. The second kappa shape index (κ2) is 8.06. The summed E-state index contributed by atoms with van der Waals surface area (Å²) in [4.78, 5) is 8.91. The molecule has 3 aliphatic rings. The monoisotopic (exact) mass is 410 g/mol. The van der Waals surface area contributed by atoms with Gasteiger partial charge in [-0.15, -0.1) is 0 Å². The van der Waals surface area contributed by atoms with Gasteiger partial charge in [-0.25, -0.2) is 0 Å². The number of pyridine rings is 1. The predicted octanol–water partition coefficient (Wildman–Crippen LogP) is 2.27. The largest absolute Gasteiger partial charge is 0.494 e. The van der Waals surface area contributed by atoms with E-state index in [0.29, 0.717) is 13.2 Å². The van der Waals surface area contributed by atoms with Crippen LogP contribution in [0.5, 0.6) is 11.8 Å². The third-order valence-corrected chi connectivity index (χ3v) is 6.76. The Balaban J connectivity index is 1.34. The van der Waals surface area contributed by atoms with Crippen LogP contribution in [0.1, 0.15) is 34.9 Å². The van der Waals surface area contributed by atoms with Crippen LogP contribution in [0.15, 0.2) is 36.7 Å². The first kappa shape index (κ1) is 19.6. The highest BCUT2D eigenvalue weighted by atomic mass is 16.5.